The number of amides is 1. The molecular formula is C25H27N3O6S2. The van der Waals surface area contributed by atoms with E-state index in [-0.39, 0.29) is 22.8 Å². The lowest BCUT2D eigenvalue weighted by atomic mass is 10.0. The summed E-state index contributed by atoms with van der Waals surface area (Å²) in [6.45, 7) is 0.311. The molecule has 0 saturated carbocycles. The Morgan fingerprint density at radius 3 is 2.28 bits per heavy atom. The van der Waals surface area contributed by atoms with Crippen molar-refractivity contribution in [3.05, 3.63) is 78.4 Å². The van der Waals surface area contributed by atoms with Crippen molar-refractivity contribution in [1.29, 1.82) is 0 Å². The van der Waals surface area contributed by atoms with Gasteiger partial charge in [-0.25, -0.2) is 21.6 Å². The zero-order chi connectivity index (χ0) is 25.8. The molecule has 0 radical (unpaired) electrons. The lowest BCUT2D eigenvalue weighted by molar-refractivity contribution is -0.116. The van der Waals surface area contributed by atoms with E-state index in [0.29, 0.717) is 23.7 Å². The molecule has 3 aromatic carbocycles. The van der Waals surface area contributed by atoms with Gasteiger partial charge in [-0.05, 0) is 73.0 Å². The topological polar surface area (TPSA) is 122 Å². The second-order valence-corrected chi connectivity index (χ2v) is 11.8. The number of aryl methyl sites for hydroxylation is 1. The summed E-state index contributed by atoms with van der Waals surface area (Å²) in [4.78, 5) is 12.5. The summed E-state index contributed by atoms with van der Waals surface area (Å²) >= 11 is 0. The number of anilines is 2. The van der Waals surface area contributed by atoms with Crippen molar-refractivity contribution in [2.75, 3.05) is 29.8 Å². The Balaban J connectivity index is 1.34. The van der Waals surface area contributed by atoms with Gasteiger partial charge >= 0.3 is 0 Å². The largest absolute Gasteiger partial charge is 0.497 e. The lowest BCUT2D eigenvalue weighted by Crippen LogP contribution is -2.35. The van der Waals surface area contributed by atoms with Crippen LogP contribution in [0.4, 0.5) is 11.4 Å². The number of nitrogens with zero attached hydrogens (tertiary/aromatic N) is 1. The molecule has 0 bridgehead atoms. The minimum atomic E-state index is -3.76. The SMILES string of the molecule is COc1ccc(S(=O)(=O)NCCC(=O)Nc2ccc(S(=O)(=O)N3CCCc4ccccc43)cc2)cc1. The molecule has 0 fully saturated rings. The molecule has 1 aliphatic rings. The van der Waals surface area contributed by atoms with Crippen molar-refractivity contribution in [3.8, 4) is 5.75 Å². The maximum Gasteiger partial charge on any atom is 0.264 e. The van der Waals surface area contributed by atoms with Crippen molar-refractivity contribution in [2.24, 2.45) is 0 Å². The van der Waals surface area contributed by atoms with Crippen LogP contribution in [0.1, 0.15) is 18.4 Å². The van der Waals surface area contributed by atoms with Crippen LogP contribution < -0.4 is 19.1 Å². The number of benzene rings is 3. The van der Waals surface area contributed by atoms with E-state index in [4.69, 9.17) is 4.74 Å². The van der Waals surface area contributed by atoms with Crippen molar-refractivity contribution < 1.29 is 26.4 Å². The third-order valence-corrected chi connectivity index (χ3v) is 9.11. The first-order valence-corrected chi connectivity index (χ1v) is 14.3. The molecule has 0 spiro atoms. The molecule has 1 heterocycles. The number of rotatable bonds is 9. The Hall–Kier alpha value is -3.41. The van der Waals surface area contributed by atoms with Gasteiger partial charge in [0.2, 0.25) is 15.9 Å². The molecular weight excluding hydrogens is 502 g/mol. The number of methoxy groups -OCH3 is 1. The van der Waals surface area contributed by atoms with Gasteiger partial charge in [-0.2, -0.15) is 0 Å². The van der Waals surface area contributed by atoms with Crippen molar-refractivity contribution in [2.45, 2.75) is 29.1 Å². The minimum Gasteiger partial charge on any atom is -0.497 e. The fraction of sp³-hybridized carbons (Fsp3) is 0.240. The molecule has 0 aliphatic carbocycles. The van der Waals surface area contributed by atoms with E-state index < -0.39 is 26.0 Å². The summed E-state index contributed by atoms with van der Waals surface area (Å²) in [6.07, 6.45) is 1.48. The van der Waals surface area contributed by atoms with Gasteiger partial charge in [-0.3, -0.25) is 9.10 Å². The van der Waals surface area contributed by atoms with Crippen LogP contribution >= 0.6 is 0 Å². The maximum atomic E-state index is 13.2. The van der Waals surface area contributed by atoms with Gasteiger partial charge in [-0.15, -0.1) is 0 Å². The molecule has 0 unspecified atom stereocenters. The summed E-state index contributed by atoms with van der Waals surface area (Å²) in [7, 11) is -6.02. The highest BCUT2D eigenvalue weighted by molar-refractivity contribution is 7.92. The summed E-state index contributed by atoms with van der Waals surface area (Å²) in [6, 6.07) is 19.3. The van der Waals surface area contributed by atoms with Gasteiger partial charge < -0.3 is 10.1 Å². The molecule has 1 amide bonds. The van der Waals surface area contributed by atoms with E-state index in [1.54, 1.807) is 0 Å². The predicted molar refractivity (Wildman–Crippen MR) is 137 cm³/mol. The van der Waals surface area contributed by atoms with Crippen LogP contribution in [0.5, 0.6) is 5.75 Å². The molecule has 36 heavy (non-hydrogen) atoms. The summed E-state index contributed by atoms with van der Waals surface area (Å²) in [5.41, 5.74) is 2.10. The Bertz CT molecular complexity index is 1440. The quantitative estimate of drug-likeness (QED) is 0.439. The van der Waals surface area contributed by atoms with Crippen LogP contribution in [0.25, 0.3) is 0 Å². The van der Waals surface area contributed by atoms with E-state index in [0.717, 1.165) is 18.4 Å². The molecule has 4 rings (SSSR count). The number of hydrogen-bond acceptors (Lipinski definition) is 6. The number of carbonyl (C=O) groups excluding carboxylic acids is 1. The van der Waals surface area contributed by atoms with E-state index in [9.17, 15) is 21.6 Å². The smallest absolute Gasteiger partial charge is 0.264 e. The minimum absolute atomic E-state index is 0.0665. The number of carbonyl (C=O) groups is 1. The molecule has 9 nitrogen and oxygen atoms in total. The molecule has 190 valence electrons. The van der Waals surface area contributed by atoms with Crippen molar-refractivity contribution in [3.63, 3.8) is 0 Å². The number of hydrogen-bond donors (Lipinski definition) is 2. The monoisotopic (exact) mass is 529 g/mol. The highest BCUT2D eigenvalue weighted by Gasteiger charge is 2.28. The number of para-hydroxylation sites is 1. The Morgan fingerprint density at radius 1 is 0.917 bits per heavy atom. The van der Waals surface area contributed by atoms with Crippen LogP contribution in [0, 0.1) is 0 Å². The second-order valence-electron chi connectivity index (χ2n) is 8.21. The number of sulfonamides is 2. The summed E-state index contributed by atoms with van der Waals surface area (Å²) in [5, 5.41) is 2.66. The maximum absolute atomic E-state index is 13.2. The van der Waals surface area contributed by atoms with Gasteiger partial charge in [0, 0.05) is 25.2 Å². The zero-order valence-electron chi connectivity index (χ0n) is 19.7. The van der Waals surface area contributed by atoms with Crippen LogP contribution in [0.15, 0.2) is 82.6 Å². The number of nitrogens with one attached hydrogen (secondary N) is 2. The first kappa shape index (κ1) is 25.7. The summed E-state index contributed by atoms with van der Waals surface area (Å²) < 4.78 is 60.0. The molecule has 1 aliphatic heterocycles. The average molecular weight is 530 g/mol. The van der Waals surface area contributed by atoms with Crippen LogP contribution in [-0.4, -0.2) is 42.9 Å². The van der Waals surface area contributed by atoms with Crippen molar-refractivity contribution in [1.82, 2.24) is 4.72 Å². The van der Waals surface area contributed by atoms with E-state index in [1.807, 2.05) is 24.3 Å². The Kier molecular flexibility index (Phi) is 7.62. The predicted octanol–water partition coefficient (Wildman–Crippen LogP) is 3.14. The van der Waals surface area contributed by atoms with Gasteiger partial charge in [0.05, 0.1) is 22.6 Å². The Labute approximate surface area is 211 Å². The van der Waals surface area contributed by atoms with Gasteiger partial charge in [-0.1, -0.05) is 18.2 Å². The number of fused-ring (bicyclic) bond motifs is 1. The standard InChI is InChI=1S/C25H27N3O6S2/c1-34-21-10-14-22(15-11-21)35(30,31)26-17-16-25(29)27-20-8-12-23(13-9-20)36(32,33)28-18-4-6-19-5-2-3-7-24(19)28/h2-3,5,7-15,26H,4,6,16-18H2,1H3,(H,27,29). The molecule has 0 aromatic heterocycles. The highest BCUT2D eigenvalue weighted by atomic mass is 32.2. The fourth-order valence-corrected chi connectivity index (χ4v) is 6.52. The third-order valence-electron chi connectivity index (χ3n) is 5.81. The normalized spacial score (nSPS) is 13.6. The fourth-order valence-electron chi connectivity index (χ4n) is 3.95. The lowest BCUT2D eigenvalue weighted by Gasteiger charge is -2.30. The molecule has 11 heteroatoms. The molecule has 3 aromatic rings. The Morgan fingerprint density at radius 2 is 1.58 bits per heavy atom. The van der Waals surface area contributed by atoms with Crippen LogP contribution in [0.2, 0.25) is 0 Å². The summed E-state index contributed by atoms with van der Waals surface area (Å²) in [5.74, 6) is 0.126. The van der Waals surface area contributed by atoms with Gasteiger partial charge in [0.1, 0.15) is 5.75 Å². The second kappa shape index (κ2) is 10.7. The molecule has 0 atom stereocenters. The first-order valence-electron chi connectivity index (χ1n) is 11.3. The molecule has 2 N–H and O–H groups in total. The van der Waals surface area contributed by atoms with Gasteiger partial charge in [0.15, 0.2) is 0 Å². The average Bonchev–Trinajstić information content (AvgIpc) is 2.88. The first-order chi connectivity index (χ1) is 17.2. The van der Waals surface area contributed by atoms with E-state index in [1.165, 1.54) is 59.9 Å². The van der Waals surface area contributed by atoms with E-state index in [2.05, 4.69) is 10.0 Å². The zero-order valence-corrected chi connectivity index (χ0v) is 21.3. The van der Waals surface area contributed by atoms with Crippen LogP contribution in [-0.2, 0) is 31.3 Å². The molecule has 0 saturated heterocycles. The van der Waals surface area contributed by atoms with Crippen molar-refractivity contribution >= 4 is 37.3 Å². The number of ether oxygens (including phenoxy) is 1. The third kappa shape index (κ3) is 5.69. The van der Waals surface area contributed by atoms with Crippen LogP contribution in [0.3, 0.4) is 0 Å². The highest BCUT2D eigenvalue weighted by Crippen LogP contribution is 2.32. The van der Waals surface area contributed by atoms with Gasteiger partial charge in [0.25, 0.3) is 10.0 Å². The van der Waals surface area contributed by atoms with E-state index >= 15 is 0 Å².